The van der Waals surface area contributed by atoms with Crippen LogP contribution in [0.4, 0.5) is 10.9 Å². The lowest BCUT2D eigenvalue weighted by molar-refractivity contribution is 0.103. The van der Waals surface area contributed by atoms with Gasteiger partial charge >= 0.3 is 5.69 Å². The quantitative estimate of drug-likeness (QED) is 0.218. The second kappa shape index (κ2) is 8.86. The van der Waals surface area contributed by atoms with Crippen molar-refractivity contribution in [3.63, 3.8) is 0 Å². The molecule has 1 aliphatic carbocycles. The van der Waals surface area contributed by atoms with Crippen LogP contribution in [0, 0.1) is 0 Å². The third-order valence-electron chi connectivity index (χ3n) is 5.58. The Labute approximate surface area is 210 Å². The molecule has 0 aromatic carbocycles. The molecule has 36 heavy (non-hydrogen) atoms. The van der Waals surface area contributed by atoms with Gasteiger partial charge in [-0.05, 0) is 31.1 Å². The van der Waals surface area contributed by atoms with Gasteiger partial charge in [-0.3, -0.25) is 10.1 Å². The SMILES string of the molecule is C=c1[nH]c(=O)[nH]/c1=C\c1cnn2c(NC3CC3)cc(-c3ccc(C(=O)Nc4nc(CO)cs4)s3)nc12. The zero-order valence-electron chi connectivity index (χ0n) is 18.7. The summed E-state index contributed by atoms with van der Waals surface area (Å²) in [4.78, 5) is 40.1. The second-order valence-corrected chi connectivity index (χ2v) is 10.3. The molecule has 0 spiro atoms. The summed E-state index contributed by atoms with van der Waals surface area (Å²) in [5, 5.41) is 23.1. The Hall–Kier alpha value is -4.07. The van der Waals surface area contributed by atoms with Crippen LogP contribution >= 0.6 is 22.7 Å². The number of aromatic amines is 2. The summed E-state index contributed by atoms with van der Waals surface area (Å²) in [6.45, 7) is 3.68. The van der Waals surface area contributed by atoms with Crippen LogP contribution in [0.25, 0.3) is 28.9 Å². The molecule has 5 aromatic rings. The monoisotopic (exact) mass is 520 g/mol. The minimum Gasteiger partial charge on any atom is -0.390 e. The van der Waals surface area contributed by atoms with Crippen LogP contribution in [0.1, 0.15) is 33.8 Å². The molecule has 0 radical (unpaired) electrons. The van der Waals surface area contributed by atoms with Gasteiger partial charge in [-0.15, -0.1) is 22.7 Å². The minimum absolute atomic E-state index is 0.175. The molecule has 1 fully saturated rings. The summed E-state index contributed by atoms with van der Waals surface area (Å²) in [5.41, 5.74) is 2.20. The normalized spacial score (nSPS) is 14.0. The lowest BCUT2D eigenvalue weighted by Crippen LogP contribution is -2.22. The van der Waals surface area contributed by atoms with Gasteiger partial charge in [0.2, 0.25) is 0 Å². The van der Waals surface area contributed by atoms with Gasteiger partial charge < -0.3 is 20.4 Å². The van der Waals surface area contributed by atoms with E-state index in [2.05, 4.69) is 37.3 Å². The standard InChI is InChI=1S/C23H20N8O3S2/c1-11-15(29-22(34)25-11)6-12-8-24-31-19(26-13-2-3-13)7-16(28-20(12)31)17-4-5-18(36-17)21(33)30-23-27-14(9-32)10-35-23/h4-8,10,13,26,32H,1-3,9H2,(H2,25,29,34)(H,27,30,33)/b15-6-. The highest BCUT2D eigenvalue weighted by atomic mass is 32.1. The molecular weight excluding hydrogens is 500 g/mol. The third kappa shape index (κ3) is 4.34. The van der Waals surface area contributed by atoms with Crippen LogP contribution in [0.2, 0.25) is 0 Å². The lowest BCUT2D eigenvalue weighted by atomic mass is 10.2. The number of aliphatic hydroxyl groups is 1. The number of fused-ring (bicyclic) bond motifs is 1. The maximum absolute atomic E-state index is 12.8. The number of nitrogens with one attached hydrogen (secondary N) is 4. The summed E-state index contributed by atoms with van der Waals surface area (Å²) >= 11 is 2.58. The molecular formula is C23H20N8O3S2. The molecule has 0 atom stereocenters. The highest BCUT2D eigenvalue weighted by Gasteiger charge is 2.23. The summed E-state index contributed by atoms with van der Waals surface area (Å²) < 4.78 is 1.74. The van der Waals surface area contributed by atoms with Crippen molar-refractivity contribution in [2.75, 3.05) is 10.6 Å². The zero-order valence-corrected chi connectivity index (χ0v) is 20.4. The molecule has 5 N–H and O–H groups in total. The van der Waals surface area contributed by atoms with Gasteiger partial charge in [0.05, 0.1) is 44.6 Å². The highest BCUT2D eigenvalue weighted by Crippen LogP contribution is 2.32. The van der Waals surface area contributed by atoms with Crippen molar-refractivity contribution < 1.29 is 9.90 Å². The van der Waals surface area contributed by atoms with Gasteiger partial charge in [-0.25, -0.2) is 14.8 Å². The average Bonchev–Trinajstić information content (AvgIpc) is 3.24. The van der Waals surface area contributed by atoms with E-state index in [0.717, 1.165) is 23.5 Å². The minimum atomic E-state index is -0.331. The Morgan fingerprint density at radius 2 is 2.17 bits per heavy atom. The number of aliphatic hydroxyl groups excluding tert-OH is 1. The Kier molecular flexibility index (Phi) is 5.51. The van der Waals surface area contributed by atoms with Gasteiger partial charge in [-0.2, -0.15) is 9.61 Å². The number of rotatable bonds is 7. The van der Waals surface area contributed by atoms with Crippen LogP contribution in [0.5, 0.6) is 0 Å². The molecule has 0 unspecified atom stereocenters. The van der Waals surface area contributed by atoms with E-state index >= 15 is 0 Å². The molecule has 1 amide bonds. The van der Waals surface area contributed by atoms with Crippen LogP contribution in [0.15, 0.2) is 34.6 Å². The molecule has 0 aliphatic heterocycles. The molecule has 5 heterocycles. The number of thiazole rings is 1. The number of thiophene rings is 1. The van der Waals surface area contributed by atoms with Crippen molar-refractivity contribution in [1.29, 1.82) is 0 Å². The number of amides is 1. The van der Waals surface area contributed by atoms with E-state index in [1.54, 1.807) is 28.2 Å². The Morgan fingerprint density at radius 3 is 2.89 bits per heavy atom. The van der Waals surface area contributed by atoms with Crippen molar-refractivity contribution in [2.24, 2.45) is 0 Å². The Balaban J connectivity index is 1.38. The molecule has 1 saturated carbocycles. The first-order valence-corrected chi connectivity index (χ1v) is 12.8. The van der Waals surface area contributed by atoms with Gasteiger partial charge in [0.1, 0.15) is 5.82 Å². The van der Waals surface area contributed by atoms with E-state index in [4.69, 9.17) is 4.98 Å². The van der Waals surface area contributed by atoms with Crippen molar-refractivity contribution in [1.82, 2.24) is 29.5 Å². The van der Waals surface area contributed by atoms with Gasteiger partial charge in [0, 0.05) is 23.1 Å². The maximum Gasteiger partial charge on any atom is 0.323 e. The number of anilines is 2. The molecule has 13 heteroatoms. The van der Waals surface area contributed by atoms with Gasteiger partial charge in [0.15, 0.2) is 10.8 Å². The number of hydrogen-bond donors (Lipinski definition) is 5. The number of nitrogens with zero attached hydrogens (tertiary/aromatic N) is 4. The molecule has 0 bridgehead atoms. The van der Waals surface area contributed by atoms with Crippen LogP contribution < -0.4 is 27.0 Å². The number of carbonyl (C=O) groups is 1. The molecule has 5 aromatic heterocycles. The smallest absolute Gasteiger partial charge is 0.323 e. The third-order valence-corrected chi connectivity index (χ3v) is 7.50. The summed E-state index contributed by atoms with van der Waals surface area (Å²) in [6, 6.07) is 5.92. The lowest BCUT2D eigenvalue weighted by Gasteiger charge is -2.09. The first-order chi connectivity index (χ1) is 17.5. The number of carbonyl (C=O) groups excluding carboxylic acids is 1. The van der Waals surface area contributed by atoms with Crippen molar-refractivity contribution in [2.45, 2.75) is 25.5 Å². The molecule has 0 saturated heterocycles. The molecule has 1 aliphatic rings. The van der Waals surface area contributed by atoms with E-state index in [1.807, 2.05) is 12.1 Å². The topological polar surface area (TPSA) is 153 Å². The number of H-pyrrole nitrogens is 2. The van der Waals surface area contributed by atoms with Crippen molar-refractivity contribution in [3.8, 4) is 10.6 Å². The van der Waals surface area contributed by atoms with E-state index in [-0.39, 0.29) is 18.2 Å². The first kappa shape index (κ1) is 22.4. The van der Waals surface area contributed by atoms with Crippen LogP contribution in [-0.4, -0.2) is 46.6 Å². The predicted octanol–water partition coefficient (Wildman–Crippen LogP) is 1.49. The Bertz CT molecular complexity index is 1770. The van der Waals surface area contributed by atoms with Crippen LogP contribution in [-0.2, 0) is 6.61 Å². The van der Waals surface area contributed by atoms with Crippen LogP contribution in [0.3, 0.4) is 0 Å². The van der Waals surface area contributed by atoms with E-state index in [0.29, 0.717) is 49.3 Å². The summed E-state index contributed by atoms with van der Waals surface area (Å²) in [7, 11) is 0. The number of imidazole rings is 1. The predicted molar refractivity (Wildman–Crippen MR) is 139 cm³/mol. The van der Waals surface area contributed by atoms with E-state index in [9.17, 15) is 14.7 Å². The highest BCUT2D eigenvalue weighted by molar-refractivity contribution is 7.17. The molecule has 11 nitrogen and oxygen atoms in total. The fourth-order valence-corrected chi connectivity index (χ4v) is 5.21. The van der Waals surface area contributed by atoms with Gasteiger partial charge in [0.25, 0.3) is 5.91 Å². The fraction of sp³-hybridized carbons (Fsp3) is 0.174. The zero-order chi connectivity index (χ0) is 24.8. The van der Waals surface area contributed by atoms with Crippen molar-refractivity contribution in [3.05, 3.63) is 67.1 Å². The molecule has 6 rings (SSSR count). The average molecular weight is 521 g/mol. The summed E-state index contributed by atoms with van der Waals surface area (Å²) in [6.07, 6.45) is 5.65. The van der Waals surface area contributed by atoms with E-state index in [1.165, 1.54) is 22.7 Å². The number of aromatic nitrogens is 6. The molecule has 182 valence electrons. The summed E-state index contributed by atoms with van der Waals surface area (Å²) in [5.74, 6) is 0.522. The largest absolute Gasteiger partial charge is 0.390 e. The Morgan fingerprint density at radius 1 is 1.31 bits per heavy atom. The van der Waals surface area contributed by atoms with Gasteiger partial charge in [-0.1, -0.05) is 6.58 Å². The fourth-order valence-electron chi connectivity index (χ4n) is 3.65. The number of hydrogen-bond acceptors (Lipinski definition) is 9. The first-order valence-electron chi connectivity index (χ1n) is 11.1. The van der Waals surface area contributed by atoms with E-state index < -0.39 is 0 Å². The second-order valence-electron chi connectivity index (χ2n) is 8.32. The van der Waals surface area contributed by atoms with Crippen molar-refractivity contribution >= 4 is 57.8 Å². The maximum atomic E-state index is 12.8.